The number of imide groups is 1. The molecule has 192 valence electrons. The second-order valence-electron chi connectivity index (χ2n) is 8.91. The SMILES string of the molecule is CCCCOC(=O)c1ccc(NC(=O)COC(=O)c2ccc(N3C(=O)[C@@H]4CC=CC[C@H]4C3=O)cc2)cc1. The maximum absolute atomic E-state index is 12.7. The normalized spacial score (nSPS) is 18.4. The van der Waals surface area contributed by atoms with Crippen molar-refractivity contribution < 1.29 is 33.4 Å². The third-order valence-corrected chi connectivity index (χ3v) is 6.34. The van der Waals surface area contributed by atoms with Gasteiger partial charge >= 0.3 is 11.9 Å². The predicted molar refractivity (Wildman–Crippen MR) is 135 cm³/mol. The number of benzene rings is 2. The summed E-state index contributed by atoms with van der Waals surface area (Å²) >= 11 is 0. The molecule has 2 aliphatic rings. The lowest BCUT2D eigenvalue weighted by atomic mass is 9.85. The second kappa shape index (κ2) is 11.6. The van der Waals surface area contributed by atoms with Gasteiger partial charge in [-0.1, -0.05) is 25.5 Å². The summed E-state index contributed by atoms with van der Waals surface area (Å²) in [4.78, 5) is 63.1. The molecule has 1 aliphatic carbocycles. The first kappa shape index (κ1) is 25.8. The Kier molecular flexibility index (Phi) is 8.12. The number of fused-ring (bicyclic) bond motifs is 1. The first-order valence-electron chi connectivity index (χ1n) is 12.3. The number of anilines is 2. The first-order chi connectivity index (χ1) is 17.9. The Morgan fingerprint density at radius 1 is 0.838 bits per heavy atom. The molecule has 0 saturated carbocycles. The third-order valence-electron chi connectivity index (χ3n) is 6.34. The van der Waals surface area contributed by atoms with Gasteiger partial charge in [-0.3, -0.25) is 19.3 Å². The minimum atomic E-state index is -0.719. The number of ether oxygens (including phenoxy) is 2. The van der Waals surface area contributed by atoms with Crippen LogP contribution in [0.2, 0.25) is 0 Å². The average molecular weight is 505 g/mol. The van der Waals surface area contributed by atoms with Gasteiger partial charge < -0.3 is 14.8 Å². The summed E-state index contributed by atoms with van der Waals surface area (Å²) in [5, 5.41) is 2.59. The van der Waals surface area contributed by atoms with Crippen LogP contribution in [0.25, 0.3) is 0 Å². The minimum absolute atomic E-state index is 0.181. The molecular weight excluding hydrogens is 476 g/mol. The van der Waals surface area contributed by atoms with Crippen molar-refractivity contribution in [3.63, 3.8) is 0 Å². The summed E-state index contributed by atoms with van der Waals surface area (Å²) in [5.41, 5.74) is 1.39. The van der Waals surface area contributed by atoms with Crippen molar-refractivity contribution in [2.24, 2.45) is 11.8 Å². The minimum Gasteiger partial charge on any atom is -0.462 e. The molecule has 1 aliphatic heterocycles. The zero-order valence-electron chi connectivity index (χ0n) is 20.5. The summed E-state index contributed by atoms with van der Waals surface area (Å²) in [6.45, 7) is 1.85. The summed E-state index contributed by atoms with van der Waals surface area (Å²) in [5.74, 6) is -2.83. The van der Waals surface area contributed by atoms with Crippen molar-refractivity contribution in [2.75, 3.05) is 23.4 Å². The summed E-state index contributed by atoms with van der Waals surface area (Å²) in [6, 6.07) is 12.1. The Morgan fingerprint density at radius 2 is 1.38 bits per heavy atom. The second-order valence-corrected chi connectivity index (χ2v) is 8.91. The summed E-state index contributed by atoms with van der Waals surface area (Å²) < 4.78 is 10.2. The fourth-order valence-electron chi connectivity index (χ4n) is 4.30. The van der Waals surface area contributed by atoms with Gasteiger partial charge in [0.1, 0.15) is 0 Å². The molecule has 1 N–H and O–H groups in total. The van der Waals surface area contributed by atoms with Crippen LogP contribution in [0, 0.1) is 11.8 Å². The number of amides is 3. The van der Waals surface area contributed by atoms with E-state index in [0.29, 0.717) is 36.4 Å². The molecule has 1 saturated heterocycles. The van der Waals surface area contributed by atoms with E-state index >= 15 is 0 Å². The number of unbranched alkanes of at least 4 members (excludes halogenated alkanes) is 1. The molecule has 1 heterocycles. The van der Waals surface area contributed by atoms with E-state index in [1.165, 1.54) is 29.2 Å². The number of carbonyl (C=O) groups excluding carboxylic acids is 5. The number of hydrogen-bond donors (Lipinski definition) is 1. The van der Waals surface area contributed by atoms with E-state index < -0.39 is 24.5 Å². The van der Waals surface area contributed by atoms with Crippen molar-refractivity contribution in [2.45, 2.75) is 32.6 Å². The van der Waals surface area contributed by atoms with Crippen molar-refractivity contribution in [1.82, 2.24) is 0 Å². The van der Waals surface area contributed by atoms with Crippen LogP contribution in [0.3, 0.4) is 0 Å². The highest BCUT2D eigenvalue weighted by atomic mass is 16.5. The number of allylic oxidation sites excluding steroid dienone is 2. The lowest BCUT2D eigenvalue weighted by Crippen LogP contribution is -2.30. The van der Waals surface area contributed by atoms with Gasteiger partial charge in [-0.15, -0.1) is 0 Å². The topological polar surface area (TPSA) is 119 Å². The van der Waals surface area contributed by atoms with E-state index in [4.69, 9.17) is 9.47 Å². The third kappa shape index (κ3) is 5.94. The summed E-state index contributed by atoms with van der Waals surface area (Å²) in [7, 11) is 0. The van der Waals surface area contributed by atoms with E-state index in [2.05, 4.69) is 5.32 Å². The van der Waals surface area contributed by atoms with Gasteiger partial charge in [0.05, 0.1) is 35.3 Å². The molecular formula is C28H28N2O7. The zero-order chi connectivity index (χ0) is 26.4. The molecule has 2 aromatic carbocycles. The van der Waals surface area contributed by atoms with Crippen LogP contribution >= 0.6 is 0 Å². The van der Waals surface area contributed by atoms with Crippen molar-refractivity contribution in [3.8, 4) is 0 Å². The van der Waals surface area contributed by atoms with E-state index in [1.54, 1.807) is 24.3 Å². The molecule has 2 atom stereocenters. The van der Waals surface area contributed by atoms with E-state index in [0.717, 1.165) is 12.8 Å². The van der Waals surface area contributed by atoms with Gasteiger partial charge in [-0.2, -0.15) is 0 Å². The number of esters is 2. The number of carbonyl (C=O) groups is 5. The number of hydrogen-bond acceptors (Lipinski definition) is 7. The monoisotopic (exact) mass is 504 g/mol. The molecule has 0 spiro atoms. The molecule has 3 amide bonds. The van der Waals surface area contributed by atoms with E-state index in [9.17, 15) is 24.0 Å². The van der Waals surface area contributed by atoms with Gasteiger partial charge in [0, 0.05) is 5.69 Å². The highest BCUT2D eigenvalue weighted by Gasteiger charge is 2.47. The van der Waals surface area contributed by atoms with Crippen LogP contribution in [-0.2, 0) is 23.9 Å². The molecule has 9 nitrogen and oxygen atoms in total. The van der Waals surface area contributed by atoms with Crippen LogP contribution in [0.15, 0.2) is 60.7 Å². The highest BCUT2D eigenvalue weighted by molar-refractivity contribution is 6.22. The Hall–Kier alpha value is -4.27. The predicted octanol–water partition coefficient (Wildman–Crippen LogP) is 3.89. The fourth-order valence-corrected chi connectivity index (χ4v) is 4.30. The standard InChI is InChI=1S/C28H28N2O7/c1-2-3-16-36-27(34)18-8-12-20(13-9-18)29-24(31)17-37-28(35)19-10-14-21(15-11-19)30-25(32)22-6-4-5-7-23(22)26(30)33/h4-5,8-15,22-23H,2-3,6-7,16-17H2,1H3,(H,29,31)/t22-,23-/m1/s1. The maximum Gasteiger partial charge on any atom is 0.338 e. The lowest BCUT2D eigenvalue weighted by molar-refractivity contribution is -0.122. The molecule has 9 heteroatoms. The van der Waals surface area contributed by atoms with Crippen LogP contribution in [0.5, 0.6) is 0 Å². The molecule has 2 aromatic rings. The zero-order valence-corrected chi connectivity index (χ0v) is 20.5. The molecule has 0 unspecified atom stereocenters. The molecule has 0 bridgehead atoms. The van der Waals surface area contributed by atoms with Crippen molar-refractivity contribution >= 4 is 41.0 Å². The van der Waals surface area contributed by atoms with Gasteiger partial charge in [0.15, 0.2) is 6.61 Å². The summed E-state index contributed by atoms with van der Waals surface area (Å²) in [6.07, 6.45) is 6.66. The maximum atomic E-state index is 12.7. The molecule has 1 fully saturated rings. The largest absolute Gasteiger partial charge is 0.462 e. The molecule has 0 aromatic heterocycles. The van der Waals surface area contributed by atoms with E-state index in [-0.39, 0.29) is 29.2 Å². The van der Waals surface area contributed by atoms with Crippen molar-refractivity contribution in [1.29, 1.82) is 0 Å². The lowest BCUT2D eigenvalue weighted by Gasteiger charge is -2.15. The van der Waals surface area contributed by atoms with Crippen LogP contribution < -0.4 is 10.2 Å². The van der Waals surface area contributed by atoms with Gasteiger partial charge in [-0.05, 0) is 67.8 Å². The highest BCUT2D eigenvalue weighted by Crippen LogP contribution is 2.37. The Balaban J connectivity index is 1.27. The van der Waals surface area contributed by atoms with Gasteiger partial charge in [0.25, 0.3) is 5.91 Å². The Morgan fingerprint density at radius 3 is 1.95 bits per heavy atom. The first-order valence-corrected chi connectivity index (χ1v) is 12.3. The van der Waals surface area contributed by atoms with Crippen LogP contribution in [0.1, 0.15) is 53.3 Å². The fraction of sp³-hybridized carbons (Fsp3) is 0.321. The Labute approximate surface area is 214 Å². The Bertz CT molecular complexity index is 1190. The number of nitrogens with one attached hydrogen (secondary N) is 1. The molecule has 0 radical (unpaired) electrons. The smallest absolute Gasteiger partial charge is 0.338 e. The average Bonchev–Trinajstić information content (AvgIpc) is 3.17. The quantitative estimate of drug-likeness (QED) is 0.238. The van der Waals surface area contributed by atoms with Crippen molar-refractivity contribution in [3.05, 3.63) is 71.8 Å². The van der Waals surface area contributed by atoms with Gasteiger partial charge in [0.2, 0.25) is 11.8 Å². The number of nitrogens with zero attached hydrogens (tertiary/aromatic N) is 1. The van der Waals surface area contributed by atoms with E-state index in [1.807, 2.05) is 19.1 Å². The van der Waals surface area contributed by atoms with Gasteiger partial charge in [-0.25, -0.2) is 9.59 Å². The molecule has 4 rings (SSSR count). The van der Waals surface area contributed by atoms with Crippen LogP contribution in [-0.4, -0.2) is 42.9 Å². The van der Waals surface area contributed by atoms with Crippen LogP contribution in [0.4, 0.5) is 11.4 Å². The number of rotatable bonds is 9. The molecule has 37 heavy (non-hydrogen) atoms.